The fraction of sp³-hybridized carbons (Fsp3) is 0.0625. The van der Waals surface area contributed by atoms with Gasteiger partial charge in [0.2, 0.25) is 0 Å². The van der Waals surface area contributed by atoms with Gasteiger partial charge in [0.25, 0.3) is 0 Å². The van der Waals surface area contributed by atoms with E-state index in [-0.39, 0.29) is 5.82 Å². The number of esters is 1. The first-order valence-electron chi connectivity index (χ1n) is 6.06. The van der Waals surface area contributed by atoms with Gasteiger partial charge in [-0.1, -0.05) is 30.3 Å². The molecule has 0 atom stereocenters. The zero-order valence-corrected chi connectivity index (χ0v) is 11.0. The molecule has 0 heterocycles. The number of nitrogens with one attached hydrogen (secondary N) is 1. The summed E-state index contributed by atoms with van der Waals surface area (Å²) < 4.78 is 17.5. The highest BCUT2D eigenvalue weighted by Crippen LogP contribution is 2.19. The molecule has 0 aliphatic carbocycles. The molecule has 20 heavy (non-hydrogen) atoms. The lowest BCUT2D eigenvalue weighted by atomic mass is 10.1. The fourth-order valence-corrected chi connectivity index (χ4v) is 1.67. The molecule has 102 valence electrons. The van der Waals surface area contributed by atoms with Gasteiger partial charge in [-0.2, -0.15) is 0 Å². The van der Waals surface area contributed by atoms with Gasteiger partial charge >= 0.3 is 5.97 Å². The monoisotopic (exact) mass is 271 g/mol. The minimum Gasteiger partial charge on any atom is -0.466 e. The van der Waals surface area contributed by atoms with E-state index in [1.165, 1.54) is 25.3 Å². The maximum absolute atomic E-state index is 12.9. The predicted octanol–water partition coefficient (Wildman–Crippen LogP) is 3.45. The summed E-state index contributed by atoms with van der Waals surface area (Å²) in [6, 6.07) is 15.3. The highest BCUT2D eigenvalue weighted by Gasteiger charge is 2.05. The quantitative estimate of drug-likeness (QED) is 0.683. The fourth-order valence-electron chi connectivity index (χ4n) is 1.67. The summed E-state index contributed by atoms with van der Waals surface area (Å²) in [6.07, 6.45) is 1.36. The molecule has 4 heteroatoms. The third-order valence-electron chi connectivity index (χ3n) is 2.67. The Hall–Kier alpha value is -2.62. The van der Waals surface area contributed by atoms with E-state index in [0.717, 1.165) is 5.56 Å². The number of methoxy groups -OCH3 is 1. The molecular weight excluding hydrogens is 257 g/mol. The van der Waals surface area contributed by atoms with E-state index < -0.39 is 5.97 Å². The lowest BCUT2D eigenvalue weighted by Crippen LogP contribution is -2.04. The first-order valence-corrected chi connectivity index (χ1v) is 6.06. The molecule has 3 nitrogen and oxygen atoms in total. The third-order valence-corrected chi connectivity index (χ3v) is 2.67. The zero-order valence-electron chi connectivity index (χ0n) is 11.0. The van der Waals surface area contributed by atoms with Gasteiger partial charge in [0.15, 0.2) is 0 Å². The second-order valence-electron chi connectivity index (χ2n) is 4.08. The van der Waals surface area contributed by atoms with Crippen LogP contribution in [0.4, 0.5) is 10.1 Å². The molecule has 2 aromatic rings. The van der Waals surface area contributed by atoms with E-state index >= 15 is 0 Å². The standard InChI is InChI=1S/C16H14FNO2/c1-20-16(19)11-15(12-5-3-2-4-6-12)18-14-9-7-13(17)8-10-14/h2-11,18H,1H3/b15-11+. The van der Waals surface area contributed by atoms with Gasteiger partial charge in [-0.15, -0.1) is 0 Å². The van der Waals surface area contributed by atoms with Crippen molar-refractivity contribution < 1.29 is 13.9 Å². The molecule has 2 aromatic carbocycles. The van der Waals surface area contributed by atoms with Crippen molar-refractivity contribution in [2.45, 2.75) is 0 Å². The van der Waals surface area contributed by atoms with Crippen LogP contribution in [0.2, 0.25) is 0 Å². The topological polar surface area (TPSA) is 38.3 Å². The minimum atomic E-state index is -0.460. The normalized spacial score (nSPS) is 11.0. The first-order chi connectivity index (χ1) is 9.69. The van der Waals surface area contributed by atoms with E-state index in [0.29, 0.717) is 11.4 Å². The molecule has 0 aromatic heterocycles. The molecule has 0 amide bonds. The second-order valence-corrected chi connectivity index (χ2v) is 4.08. The Kier molecular flexibility index (Phi) is 4.50. The van der Waals surface area contributed by atoms with Gasteiger partial charge in [0, 0.05) is 11.8 Å². The Morgan fingerprint density at radius 1 is 1.10 bits per heavy atom. The van der Waals surface area contributed by atoms with Crippen molar-refractivity contribution in [3.8, 4) is 0 Å². The van der Waals surface area contributed by atoms with Crippen molar-refractivity contribution >= 4 is 17.4 Å². The van der Waals surface area contributed by atoms with Crippen LogP contribution in [0, 0.1) is 5.82 Å². The van der Waals surface area contributed by atoms with Crippen LogP contribution < -0.4 is 5.32 Å². The minimum absolute atomic E-state index is 0.311. The SMILES string of the molecule is COC(=O)/C=C(/Nc1ccc(F)cc1)c1ccccc1. The Morgan fingerprint density at radius 2 is 1.75 bits per heavy atom. The lowest BCUT2D eigenvalue weighted by Gasteiger charge is -2.11. The summed E-state index contributed by atoms with van der Waals surface area (Å²) in [7, 11) is 1.32. The summed E-state index contributed by atoms with van der Waals surface area (Å²) in [5.74, 6) is -0.771. The van der Waals surface area contributed by atoms with Crippen LogP contribution in [0.3, 0.4) is 0 Å². The largest absolute Gasteiger partial charge is 0.466 e. The second kappa shape index (κ2) is 6.52. The zero-order chi connectivity index (χ0) is 14.4. The van der Waals surface area contributed by atoms with Crippen LogP contribution in [0.1, 0.15) is 5.56 Å². The Labute approximate surface area is 116 Å². The predicted molar refractivity (Wildman–Crippen MR) is 76.5 cm³/mol. The smallest absolute Gasteiger partial charge is 0.332 e. The van der Waals surface area contributed by atoms with Gasteiger partial charge in [0.1, 0.15) is 5.82 Å². The van der Waals surface area contributed by atoms with E-state index in [9.17, 15) is 9.18 Å². The molecular formula is C16H14FNO2. The average molecular weight is 271 g/mol. The molecule has 0 aliphatic rings. The number of rotatable bonds is 4. The van der Waals surface area contributed by atoms with Crippen molar-refractivity contribution in [3.05, 3.63) is 72.1 Å². The van der Waals surface area contributed by atoms with Gasteiger partial charge in [-0.05, 0) is 29.8 Å². The van der Waals surface area contributed by atoms with Gasteiger partial charge in [-0.3, -0.25) is 0 Å². The van der Waals surface area contributed by atoms with E-state index in [4.69, 9.17) is 0 Å². The maximum Gasteiger partial charge on any atom is 0.332 e. The molecule has 2 rings (SSSR count). The number of hydrogen-bond acceptors (Lipinski definition) is 3. The Balaban J connectivity index is 2.30. The highest BCUT2D eigenvalue weighted by atomic mass is 19.1. The van der Waals surface area contributed by atoms with Crippen LogP contribution in [0.25, 0.3) is 5.70 Å². The maximum atomic E-state index is 12.9. The van der Waals surface area contributed by atoms with Crippen molar-refractivity contribution in [1.82, 2.24) is 0 Å². The molecule has 0 radical (unpaired) electrons. The average Bonchev–Trinajstić information content (AvgIpc) is 2.49. The summed E-state index contributed by atoms with van der Waals surface area (Å²) >= 11 is 0. The van der Waals surface area contributed by atoms with E-state index in [2.05, 4.69) is 10.1 Å². The number of carbonyl (C=O) groups excluding carboxylic acids is 1. The summed E-state index contributed by atoms with van der Waals surface area (Å²) in [4.78, 5) is 11.4. The molecule has 0 unspecified atom stereocenters. The van der Waals surface area contributed by atoms with Gasteiger partial charge in [0.05, 0.1) is 12.8 Å². The number of ether oxygens (including phenoxy) is 1. The first kappa shape index (κ1) is 13.8. The summed E-state index contributed by atoms with van der Waals surface area (Å²) in [6.45, 7) is 0. The molecule has 0 saturated carbocycles. The molecule has 0 aliphatic heterocycles. The van der Waals surface area contributed by atoms with Crippen LogP contribution in [0.5, 0.6) is 0 Å². The number of halogens is 1. The van der Waals surface area contributed by atoms with E-state index in [1.54, 1.807) is 12.1 Å². The van der Waals surface area contributed by atoms with Crippen LogP contribution in [-0.4, -0.2) is 13.1 Å². The molecule has 0 bridgehead atoms. The van der Waals surface area contributed by atoms with Crippen LogP contribution >= 0.6 is 0 Å². The van der Waals surface area contributed by atoms with Crippen molar-refractivity contribution in [2.75, 3.05) is 12.4 Å². The Morgan fingerprint density at radius 3 is 2.35 bits per heavy atom. The van der Waals surface area contributed by atoms with Gasteiger partial charge < -0.3 is 10.1 Å². The highest BCUT2D eigenvalue weighted by molar-refractivity contribution is 5.94. The molecule has 1 N–H and O–H groups in total. The van der Waals surface area contributed by atoms with E-state index in [1.807, 2.05) is 30.3 Å². The summed E-state index contributed by atoms with van der Waals surface area (Å²) in [5, 5.41) is 3.08. The lowest BCUT2D eigenvalue weighted by molar-refractivity contribution is -0.134. The summed E-state index contributed by atoms with van der Waals surface area (Å²) in [5.41, 5.74) is 2.11. The number of anilines is 1. The number of benzene rings is 2. The molecule has 0 saturated heterocycles. The Bertz CT molecular complexity index is 606. The van der Waals surface area contributed by atoms with Gasteiger partial charge in [-0.25, -0.2) is 9.18 Å². The molecule has 0 fully saturated rings. The number of carbonyl (C=O) groups is 1. The van der Waals surface area contributed by atoms with Crippen molar-refractivity contribution in [2.24, 2.45) is 0 Å². The van der Waals surface area contributed by atoms with Crippen LogP contribution in [0.15, 0.2) is 60.7 Å². The number of hydrogen-bond donors (Lipinski definition) is 1. The molecule has 0 spiro atoms. The third kappa shape index (κ3) is 3.68. The van der Waals surface area contributed by atoms with Crippen molar-refractivity contribution in [1.29, 1.82) is 0 Å². The van der Waals surface area contributed by atoms with Crippen LogP contribution in [-0.2, 0) is 9.53 Å². The van der Waals surface area contributed by atoms with Crippen molar-refractivity contribution in [3.63, 3.8) is 0 Å².